The molecule has 0 aliphatic carbocycles. The molecule has 0 amide bonds. The van der Waals surface area contributed by atoms with Gasteiger partial charge in [-0.2, -0.15) is 10.2 Å². The predicted molar refractivity (Wildman–Crippen MR) is 66.3 cm³/mol. The van der Waals surface area contributed by atoms with Crippen molar-refractivity contribution in [1.82, 2.24) is 20.0 Å². The van der Waals surface area contributed by atoms with Gasteiger partial charge in [-0.1, -0.05) is 0 Å². The normalized spacial score (nSPS) is 10.7. The number of aryl methyl sites for hydroxylation is 2. The molecule has 0 aliphatic rings. The maximum absolute atomic E-state index is 4.21. The lowest BCUT2D eigenvalue weighted by Crippen LogP contribution is -1.99. The number of aromatic amines is 1. The number of aromatic nitrogens is 4. The smallest absolute Gasteiger partial charge is 0.162 e. The van der Waals surface area contributed by atoms with Crippen LogP contribution in [0.2, 0.25) is 0 Å². The molecule has 0 aliphatic heterocycles. The molecule has 2 N–H and O–H groups in total. The van der Waals surface area contributed by atoms with E-state index in [0.717, 1.165) is 34.6 Å². The van der Waals surface area contributed by atoms with Crippen molar-refractivity contribution in [3.05, 3.63) is 28.1 Å². The van der Waals surface area contributed by atoms with E-state index in [1.54, 1.807) is 0 Å². The summed E-state index contributed by atoms with van der Waals surface area (Å²) in [6.07, 6.45) is 3.89. The molecule has 16 heavy (non-hydrogen) atoms. The number of nitrogens with zero attached hydrogens (tertiary/aromatic N) is 3. The number of hydrogen-bond acceptors (Lipinski definition) is 3. The Morgan fingerprint density at radius 2 is 2.38 bits per heavy atom. The van der Waals surface area contributed by atoms with Gasteiger partial charge in [0.2, 0.25) is 0 Å². The Balaban J connectivity index is 1.99. The fourth-order valence-corrected chi connectivity index (χ4v) is 1.71. The topological polar surface area (TPSA) is 58.5 Å². The van der Waals surface area contributed by atoms with Crippen molar-refractivity contribution in [3.63, 3.8) is 0 Å². The van der Waals surface area contributed by atoms with Crippen molar-refractivity contribution in [2.24, 2.45) is 0 Å². The first-order valence-electron chi connectivity index (χ1n) is 5.16. The highest BCUT2D eigenvalue weighted by molar-refractivity contribution is 9.10. The van der Waals surface area contributed by atoms with Gasteiger partial charge in [0.15, 0.2) is 5.82 Å². The van der Waals surface area contributed by atoms with Crippen LogP contribution >= 0.6 is 15.9 Å². The van der Waals surface area contributed by atoms with Gasteiger partial charge in [-0.25, -0.2) is 0 Å². The third kappa shape index (κ3) is 2.27. The van der Waals surface area contributed by atoms with Crippen molar-refractivity contribution < 1.29 is 0 Å². The summed E-state index contributed by atoms with van der Waals surface area (Å²) >= 11 is 3.47. The first-order chi connectivity index (χ1) is 7.70. The summed E-state index contributed by atoms with van der Waals surface area (Å²) in [4.78, 5) is 0. The van der Waals surface area contributed by atoms with E-state index in [4.69, 9.17) is 0 Å². The molecule has 0 saturated heterocycles. The van der Waals surface area contributed by atoms with E-state index in [1.165, 1.54) is 0 Å². The second-order valence-electron chi connectivity index (χ2n) is 3.57. The molecule has 0 bridgehead atoms. The van der Waals surface area contributed by atoms with E-state index >= 15 is 0 Å². The van der Waals surface area contributed by atoms with E-state index in [0.29, 0.717) is 0 Å². The van der Waals surface area contributed by atoms with Gasteiger partial charge >= 0.3 is 0 Å². The highest BCUT2D eigenvalue weighted by Gasteiger charge is 2.06. The van der Waals surface area contributed by atoms with Gasteiger partial charge in [0.1, 0.15) is 0 Å². The molecule has 2 heterocycles. The lowest BCUT2D eigenvalue weighted by Gasteiger charge is -2.00. The van der Waals surface area contributed by atoms with Gasteiger partial charge in [0.25, 0.3) is 0 Å². The molecular weight excluding hydrogens is 270 g/mol. The van der Waals surface area contributed by atoms with Gasteiger partial charge in [0.05, 0.1) is 10.7 Å². The van der Waals surface area contributed by atoms with E-state index in [2.05, 4.69) is 43.5 Å². The molecule has 2 aromatic heterocycles. The second kappa shape index (κ2) is 4.69. The Morgan fingerprint density at radius 1 is 1.56 bits per heavy atom. The molecule has 6 heteroatoms. The Labute approximate surface area is 102 Å². The van der Waals surface area contributed by atoms with Crippen LogP contribution in [0, 0.1) is 6.92 Å². The fourth-order valence-electron chi connectivity index (χ4n) is 1.39. The maximum Gasteiger partial charge on any atom is 0.162 e. The number of nitrogens with one attached hydrogen (secondary N) is 2. The zero-order valence-electron chi connectivity index (χ0n) is 9.29. The van der Waals surface area contributed by atoms with Crippen LogP contribution in [0.4, 0.5) is 5.82 Å². The second-order valence-corrected chi connectivity index (χ2v) is 4.36. The Kier molecular flexibility index (Phi) is 3.28. The van der Waals surface area contributed by atoms with Crippen molar-refractivity contribution in [2.75, 3.05) is 5.32 Å². The number of rotatable bonds is 4. The highest BCUT2D eigenvalue weighted by atomic mass is 79.9. The zero-order chi connectivity index (χ0) is 11.5. The molecule has 0 fully saturated rings. The summed E-state index contributed by atoms with van der Waals surface area (Å²) in [5.74, 6) is 0.835. The molecule has 2 rings (SSSR count). The van der Waals surface area contributed by atoms with Crippen LogP contribution in [0.5, 0.6) is 0 Å². The largest absolute Gasteiger partial charge is 0.363 e. The third-order valence-electron chi connectivity index (χ3n) is 2.34. The van der Waals surface area contributed by atoms with E-state index in [-0.39, 0.29) is 0 Å². The number of halogens is 1. The first-order valence-corrected chi connectivity index (χ1v) is 5.95. The van der Waals surface area contributed by atoms with Crippen molar-refractivity contribution in [3.8, 4) is 0 Å². The Morgan fingerprint density at radius 3 is 2.94 bits per heavy atom. The summed E-state index contributed by atoms with van der Waals surface area (Å²) < 4.78 is 2.89. The van der Waals surface area contributed by atoms with Crippen LogP contribution in [0.25, 0.3) is 0 Å². The molecule has 0 aromatic carbocycles. The van der Waals surface area contributed by atoms with Crippen LogP contribution in [-0.4, -0.2) is 20.0 Å². The van der Waals surface area contributed by atoms with Crippen LogP contribution in [0.15, 0.2) is 16.9 Å². The van der Waals surface area contributed by atoms with E-state index in [1.807, 2.05) is 24.0 Å². The molecule has 0 radical (unpaired) electrons. The predicted octanol–water partition coefficient (Wildman–Crippen LogP) is 2.31. The molecule has 86 valence electrons. The molecular formula is C10H14BrN5. The number of H-pyrrole nitrogens is 1. The fraction of sp³-hybridized carbons (Fsp3) is 0.400. The lowest BCUT2D eigenvalue weighted by atomic mass is 10.3. The lowest BCUT2D eigenvalue weighted by molar-refractivity contribution is 0.659. The minimum Gasteiger partial charge on any atom is -0.363 e. The summed E-state index contributed by atoms with van der Waals surface area (Å²) in [5, 5.41) is 14.5. The SMILES string of the molecule is CCn1cc(CNc2n[nH]c(C)c2Br)cn1. The maximum atomic E-state index is 4.21. The first kappa shape index (κ1) is 11.2. The zero-order valence-corrected chi connectivity index (χ0v) is 10.9. The molecule has 5 nitrogen and oxygen atoms in total. The van der Waals surface area contributed by atoms with Gasteiger partial charge in [0, 0.05) is 30.5 Å². The van der Waals surface area contributed by atoms with Gasteiger partial charge in [-0.05, 0) is 29.8 Å². The average molecular weight is 284 g/mol. The number of anilines is 1. The Hall–Kier alpha value is -1.30. The summed E-state index contributed by atoms with van der Waals surface area (Å²) in [5.41, 5.74) is 2.17. The van der Waals surface area contributed by atoms with Crippen LogP contribution in [0.1, 0.15) is 18.2 Å². The van der Waals surface area contributed by atoms with Crippen molar-refractivity contribution in [1.29, 1.82) is 0 Å². The minimum absolute atomic E-state index is 0.725. The van der Waals surface area contributed by atoms with Crippen LogP contribution < -0.4 is 5.32 Å². The molecule has 0 spiro atoms. The molecule has 0 unspecified atom stereocenters. The molecule has 0 saturated carbocycles. The van der Waals surface area contributed by atoms with Gasteiger partial charge in [-0.15, -0.1) is 0 Å². The average Bonchev–Trinajstić information content (AvgIpc) is 2.86. The molecule has 2 aromatic rings. The van der Waals surface area contributed by atoms with Crippen LogP contribution in [-0.2, 0) is 13.1 Å². The molecule has 0 atom stereocenters. The van der Waals surface area contributed by atoms with E-state index in [9.17, 15) is 0 Å². The summed E-state index contributed by atoms with van der Waals surface area (Å²) in [7, 11) is 0. The highest BCUT2D eigenvalue weighted by Crippen LogP contribution is 2.22. The third-order valence-corrected chi connectivity index (χ3v) is 3.31. The standard InChI is InChI=1S/C10H14BrN5/c1-3-16-6-8(5-13-16)4-12-10-9(11)7(2)14-15-10/h5-6H,3-4H2,1-2H3,(H2,12,14,15). The Bertz CT molecular complexity index is 473. The quantitative estimate of drug-likeness (QED) is 0.905. The summed E-state index contributed by atoms with van der Waals surface area (Å²) in [6, 6.07) is 0. The number of hydrogen-bond donors (Lipinski definition) is 2. The van der Waals surface area contributed by atoms with Crippen molar-refractivity contribution >= 4 is 21.7 Å². The van der Waals surface area contributed by atoms with E-state index < -0.39 is 0 Å². The minimum atomic E-state index is 0.725. The summed E-state index contributed by atoms with van der Waals surface area (Å²) in [6.45, 7) is 5.66. The van der Waals surface area contributed by atoms with Crippen molar-refractivity contribution in [2.45, 2.75) is 26.9 Å². The monoisotopic (exact) mass is 283 g/mol. The van der Waals surface area contributed by atoms with Crippen LogP contribution in [0.3, 0.4) is 0 Å². The van der Waals surface area contributed by atoms with Gasteiger partial charge in [-0.3, -0.25) is 9.78 Å². The van der Waals surface area contributed by atoms with Gasteiger partial charge < -0.3 is 5.32 Å².